The van der Waals surface area contributed by atoms with E-state index in [9.17, 15) is 4.79 Å². The molecule has 1 aromatic heterocycles. The minimum atomic E-state index is -0.562. The molecule has 1 aliphatic heterocycles. The predicted octanol–water partition coefficient (Wildman–Crippen LogP) is 6.70. The summed E-state index contributed by atoms with van der Waals surface area (Å²) in [6, 6.07) is 10.3. The summed E-state index contributed by atoms with van der Waals surface area (Å²) in [6.07, 6.45) is 3.87. The quantitative estimate of drug-likeness (QED) is 0.403. The van der Waals surface area contributed by atoms with E-state index in [-0.39, 0.29) is 6.09 Å². The molecule has 0 spiro atoms. The van der Waals surface area contributed by atoms with Crippen molar-refractivity contribution in [2.75, 3.05) is 6.54 Å². The minimum absolute atomic E-state index is 0.348. The number of nitrogens with one attached hydrogen (secondary N) is 1. The third-order valence-corrected chi connectivity index (χ3v) is 6.50. The van der Waals surface area contributed by atoms with Gasteiger partial charge in [-0.15, -0.1) is 6.58 Å². The molecular weight excluding hydrogens is 462 g/mol. The van der Waals surface area contributed by atoms with Crippen LogP contribution in [-0.4, -0.2) is 33.1 Å². The van der Waals surface area contributed by atoms with Gasteiger partial charge in [-0.1, -0.05) is 23.7 Å². The second kappa shape index (κ2) is 9.08. The van der Waals surface area contributed by atoms with E-state index in [1.54, 1.807) is 11.0 Å². The van der Waals surface area contributed by atoms with Gasteiger partial charge in [0.15, 0.2) is 0 Å². The number of nitrogens with zero attached hydrogens (tertiary/aromatic N) is 2. The van der Waals surface area contributed by atoms with Crippen LogP contribution in [-0.2, 0) is 30.7 Å². The molecule has 182 valence electrons. The van der Waals surface area contributed by atoms with Gasteiger partial charge in [-0.05, 0) is 81.0 Å². The molecule has 35 heavy (non-hydrogen) atoms. The van der Waals surface area contributed by atoms with Crippen molar-refractivity contribution in [3.05, 3.63) is 70.7 Å². The molecule has 2 aromatic carbocycles. The second-order valence-electron chi connectivity index (χ2n) is 10.1. The van der Waals surface area contributed by atoms with Crippen LogP contribution in [0.1, 0.15) is 49.8 Å². The zero-order valence-corrected chi connectivity index (χ0v) is 21.2. The molecule has 0 radical (unpaired) electrons. The van der Waals surface area contributed by atoms with Crippen LogP contribution in [0.4, 0.5) is 4.79 Å². The van der Waals surface area contributed by atoms with E-state index in [4.69, 9.17) is 26.1 Å². The monoisotopic (exact) mass is 491 g/mol. The second-order valence-corrected chi connectivity index (χ2v) is 10.5. The number of H-pyrrole nitrogens is 1. The molecule has 2 aliphatic rings. The van der Waals surface area contributed by atoms with Crippen molar-refractivity contribution in [1.29, 1.82) is 0 Å². The van der Waals surface area contributed by atoms with Crippen LogP contribution in [0.5, 0.6) is 5.75 Å². The largest absolute Gasteiger partial charge is 0.488 e. The van der Waals surface area contributed by atoms with Crippen LogP contribution in [0.15, 0.2) is 43.0 Å². The molecule has 0 fully saturated rings. The molecule has 5 rings (SSSR count). The van der Waals surface area contributed by atoms with E-state index in [0.717, 1.165) is 57.5 Å². The average molecular weight is 492 g/mol. The van der Waals surface area contributed by atoms with E-state index in [1.165, 1.54) is 11.1 Å². The number of fused-ring (bicyclic) bond motifs is 6. The third-order valence-electron chi connectivity index (χ3n) is 6.27. The Balaban J connectivity index is 1.45. The summed E-state index contributed by atoms with van der Waals surface area (Å²) in [5.74, 6) is 1.61. The van der Waals surface area contributed by atoms with Gasteiger partial charge in [0.05, 0.1) is 17.9 Å². The van der Waals surface area contributed by atoms with Gasteiger partial charge in [0, 0.05) is 22.7 Å². The van der Waals surface area contributed by atoms with Gasteiger partial charge in [-0.25, -0.2) is 9.78 Å². The minimum Gasteiger partial charge on any atom is -0.488 e. The van der Waals surface area contributed by atoms with Crippen molar-refractivity contribution in [2.24, 2.45) is 0 Å². The highest BCUT2D eigenvalue weighted by molar-refractivity contribution is 6.30. The Kier molecular flexibility index (Phi) is 6.09. The maximum Gasteiger partial charge on any atom is 0.410 e. The lowest BCUT2D eigenvalue weighted by Crippen LogP contribution is -2.37. The van der Waals surface area contributed by atoms with E-state index < -0.39 is 5.60 Å². The maximum atomic E-state index is 12.8. The summed E-state index contributed by atoms with van der Waals surface area (Å²) in [5, 5.41) is 0.719. The Labute approximate surface area is 210 Å². The van der Waals surface area contributed by atoms with E-state index >= 15 is 0 Å². The van der Waals surface area contributed by atoms with Gasteiger partial charge in [0.25, 0.3) is 0 Å². The molecule has 3 aromatic rings. The van der Waals surface area contributed by atoms with Crippen LogP contribution in [0, 0.1) is 0 Å². The molecule has 7 heteroatoms. The highest BCUT2D eigenvalue weighted by Crippen LogP contribution is 2.44. The van der Waals surface area contributed by atoms with E-state index in [0.29, 0.717) is 26.1 Å². The summed E-state index contributed by atoms with van der Waals surface area (Å²) in [4.78, 5) is 22.8. The molecule has 0 saturated carbocycles. The first-order valence-electron chi connectivity index (χ1n) is 12.0. The third kappa shape index (κ3) is 4.80. The highest BCUT2D eigenvalue weighted by atomic mass is 35.5. The zero-order chi connectivity index (χ0) is 24.7. The number of hydrogen-bond acceptors (Lipinski definition) is 4. The smallest absolute Gasteiger partial charge is 0.410 e. The van der Waals surface area contributed by atoms with Gasteiger partial charge < -0.3 is 19.4 Å². The van der Waals surface area contributed by atoms with Crippen molar-refractivity contribution in [3.63, 3.8) is 0 Å². The Bertz CT molecular complexity index is 1310. The predicted molar refractivity (Wildman–Crippen MR) is 138 cm³/mol. The van der Waals surface area contributed by atoms with Crippen molar-refractivity contribution in [2.45, 2.75) is 58.8 Å². The lowest BCUT2D eigenvalue weighted by Gasteiger charge is -2.26. The molecule has 0 atom stereocenters. The average Bonchev–Trinajstić information content (AvgIpc) is 3.22. The standard InChI is InChI=1S/C28H30ClN3O3/c1-5-6-11-32(27(33)35-28(2,3)4)15-25-30-23-10-7-17-13-22-20-9-8-19(29)12-18(20)16-34-24(22)14-21(17)26(23)31-25/h5,8-9,12-14H,1,6-7,10-11,15-16H2,2-4H3,(H,30,31). The van der Waals surface area contributed by atoms with Crippen LogP contribution < -0.4 is 4.74 Å². The van der Waals surface area contributed by atoms with Crippen LogP contribution >= 0.6 is 11.6 Å². The number of hydrogen-bond donors (Lipinski definition) is 1. The molecule has 1 N–H and O–H groups in total. The lowest BCUT2D eigenvalue weighted by atomic mass is 9.87. The first-order chi connectivity index (χ1) is 16.7. The normalized spacial score (nSPS) is 13.6. The fourth-order valence-electron chi connectivity index (χ4n) is 4.68. The molecule has 1 amide bonds. The number of amides is 1. The van der Waals surface area contributed by atoms with Crippen molar-refractivity contribution < 1.29 is 14.3 Å². The Morgan fingerprint density at radius 3 is 2.80 bits per heavy atom. The van der Waals surface area contributed by atoms with Crippen LogP contribution in [0.3, 0.4) is 0 Å². The summed E-state index contributed by atoms with van der Waals surface area (Å²) < 4.78 is 11.7. The van der Waals surface area contributed by atoms with Crippen molar-refractivity contribution in [3.8, 4) is 28.1 Å². The van der Waals surface area contributed by atoms with Gasteiger partial charge in [0.2, 0.25) is 0 Å². The number of aryl methyl sites for hydroxylation is 2. The summed E-state index contributed by atoms with van der Waals surface area (Å²) in [7, 11) is 0. The molecule has 0 unspecified atom stereocenters. The molecule has 0 bridgehead atoms. The Morgan fingerprint density at radius 2 is 2.03 bits per heavy atom. The number of carbonyl (C=O) groups is 1. The highest BCUT2D eigenvalue weighted by Gasteiger charge is 2.27. The number of aromatic amines is 1. The number of halogens is 1. The SMILES string of the molecule is C=CCCN(Cc1nc2c([nH]1)-c1cc3c(cc1CC2)-c1ccc(Cl)cc1CO3)C(=O)OC(C)(C)C. The molecular formula is C28H30ClN3O3. The lowest BCUT2D eigenvalue weighted by molar-refractivity contribution is 0.0232. The number of imidazole rings is 1. The summed E-state index contributed by atoms with van der Waals surface area (Å²) in [6.45, 7) is 10.8. The Hall–Kier alpha value is -3.25. The van der Waals surface area contributed by atoms with Gasteiger partial charge in [0.1, 0.15) is 23.8 Å². The number of carbonyl (C=O) groups excluding carboxylic acids is 1. The fraction of sp³-hybridized carbons (Fsp3) is 0.357. The summed E-state index contributed by atoms with van der Waals surface area (Å²) in [5.41, 5.74) is 7.20. The first kappa shape index (κ1) is 23.5. The van der Waals surface area contributed by atoms with E-state index in [2.05, 4.69) is 29.8 Å². The summed E-state index contributed by atoms with van der Waals surface area (Å²) >= 11 is 6.19. The zero-order valence-electron chi connectivity index (χ0n) is 20.4. The fourth-order valence-corrected chi connectivity index (χ4v) is 4.87. The molecule has 6 nitrogen and oxygen atoms in total. The number of rotatable bonds is 5. The molecule has 2 heterocycles. The van der Waals surface area contributed by atoms with Crippen molar-refractivity contribution in [1.82, 2.24) is 14.9 Å². The molecule has 1 aliphatic carbocycles. The first-order valence-corrected chi connectivity index (χ1v) is 12.3. The van der Waals surface area contributed by atoms with Gasteiger partial charge in [-0.2, -0.15) is 0 Å². The maximum absolute atomic E-state index is 12.8. The van der Waals surface area contributed by atoms with Crippen molar-refractivity contribution >= 4 is 17.7 Å². The number of ether oxygens (including phenoxy) is 2. The molecule has 0 saturated heterocycles. The van der Waals surface area contributed by atoms with Crippen LogP contribution in [0.25, 0.3) is 22.4 Å². The Morgan fingerprint density at radius 1 is 1.20 bits per heavy atom. The van der Waals surface area contributed by atoms with Gasteiger partial charge >= 0.3 is 6.09 Å². The van der Waals surface area contributed by atoms with Gasteiger partial charge in [-0.3, -0.25) is 0 Å². The van der Waals surface area contributed by atoms with Crippen LogP contribution in [0.2, 0.25) is 5.02 Å². The topological polar surface area (TPSA) is 67.5 Å². The number of benzene rings is 2. The van der Waals surface area contributed by atoms with E-state index in [1.807, 2.05) is 32.9 Å². The number of aromatic nitrogens is 2.